The molecule has 1 N–H and O–H groups in total. The van der Waals surface area contributed by atoms with Crippen LogP contribution in [0.3, 0.4) is 0 Å². The average molecular weight is 392 g/mol. The molecule has 150 valence electrons. The molecule has 0 bridgehead atoms. The molecule has 2 aromatic heterocycles. The highest BCUT2D eigenvalue weighted by Gasteiger charge is 2.21. The molecule has 9 heteroatoms. The molecule has 1 fully saturated rings. The summed E-state index contributed by atoms with van der Waals surface area (Å²) in [5.74, 6) is 0.808. The molecule has 0 spiro atoms. The van der Waals surface area contributed by atoms with Crippen molar-refractivity contribution in [3.63, 3.8) is 0 Å². The van der Waals surface area contributed by atoms with Gasteiger partial charge in [0.1, 0.15) is 18.5 Å². The maximum Gasteiger partial charge on any atom is 0.321 e. The minimum Gasteiger partial charge on any atom is -0.368 e. The van der Waals surface area contributed by atoms with Crippen molar-refractivity contribution >= 4 is 23.2 Å². The zero-order valence-corrected chi connectivity index (χ0v) is 16.6. The fourth-order valence-electron chi connectivity index (χ4n) is 3.28. The second-order valence-electron chi connectivity index (χ2n) is 7.09. The van der Waals surface area contributed by atoms with E-state index in [4.69, 9.17) is 0 Å². The van der Waals surface area contributed by atoms with Crippen LogP contribution >= 0.6 is 0 Å². The number of anilines is 3. The van der Waals surface area contributed by atoms with Crippen molar-refractivity contribution in [1.29, 1.82) is 0 Å². The van der Waals surface area contributed by atoms with E-state index in [1.54, 1.807) is 24.9 Å². The van der Waals surface area contributed by atoms with Crippen LogP contribution in [-0.2, 0) is 0 Å². The molecule has 0 atom stereocenters. The van der Waals surface area contributed by atoms with E-state index in [9.17, 15) is 4.79 Å². The molecular formula is C20H24N8O. The smallest absolute Gasteiger partial charge is 0.321 e. The third kappa shape index (κ3) is 4.29. The molecule has 29 heavy (non-hydrogen) atoms. The lowest BCUT2D eigenvalue weighted by molar-refractivity contribution is 0.208. The number of aromatic nitrogens is 4. The number of carbonyl (C=O) groups is 1. The number of benzene rings is 1. The minimum atomic E-state index is -0.0801. The Morgan fingerprint density at radius 3 is 2.28 bits per heavy atom. The number of pyridine rings is 1. The van der Waals surface area contributed by atoms with E-state index in [-0.39, 0.29) is 6.03 Å². The second kappa shape index (κ2) is 8.17. The number of hydrogen-bond donors (Lipinski definition) is 1. The lowest BCUT2D eigenvalue weighted by Gasteiger charge is -2.36. The monoisotopic (exact) mass is 392 g/mol. The van der Waals surface area contributed by atoms with Gasteiger partial charge in [0.15, 0.2) is 0 Å². The Balaban J connectivity index is 1.33. The summed E-state index contributed by atoms with van der Waals surface area (Å²) in [4.78, 5) is 22.9. The SMILES string of the molecule is CN(C)c1cc(NC(=O)N2CCN(c3ccc(-n4cnnc4)cc3)CC2)ccn1. The summed E-state index contributed by atoms with van der Waals surface area (Å²) in [5, 5.41) is 10.6. The van der Waals surface area contributed by atoms with Gasteiger partial charge in [0, 0.05) is 69.6 Å². The number of rotatable bonds is 4. The highest BCUT2D eigenvalue weighted by atomic mass is 16.2. The van der Waals surface area contributed by atoms with Crippen LogP contribution in [0.25, 0.3) is 5.69 Å². The van der Waals surface area contributed by atoms with Crippen molar-refractivity contribution in [3.8, 4) is 5.69 Å². The van der Waals surface area contributed by atoms with Gasteiger partial charge in [-0.2, -0.15) is 0 Å². The summed E-state index contributed by atoms with van der Waals surface area (Å²) in [7, 11) is 3.85. The molecule has 0 aliphatic carbocycles. The van der Waals surface area contributed by atoms with Crippen molar-refractivity contribution in [1.82, 2.24) is 24.6 Å². The van der Waals surface area contributed by atoms with Gasteiger partial charge < -0.3 is 20.0 Å². The number of urea groups is 1. The van der Waals surface area contributed by atoms with Crippen LogP contribution in [0, 0.1) is 0 Å². The van der Waals surface area contributed by atoms with Crippen LogP contribution in [0.4, 0.5) is 22.0 Å². The van der Waals surface area contributed by atoms with Gasteiger partial charge >= 0.3 is 6.03 Å². The van der Waals surface area contributed by atoms with Gasteiger partial charge in [-0.3, -0.25) is 4.57 Å². The second-order valence-corrected chi connectivity index (χ2v) is 7.09. The van der Waals surface area contributed by atoms with E-state index >= 15 is 0 Å². The summed E-state index contributed by atoms with van der Waals surface area (Å²) in [6, 6.07) is 11.9. The Morgan fingerprint density at radius 1 is 0.966 bits per heavy atom. The summed E-state index contributed by atoms with van der Waals surface area (Å²) in [5.41, 5.74) is 2.92. The lowest BCUT2D eigenvalue weighted by Crippen LogP contribution is -2.50. The highest BCUT2D eigenvalue weighted by Crippen LogP contribution is 2.20. The number of piperazine rings is 1. The van der Waals surface area contributed by atoms with Crippen LogP contribution in [0.5, 0.6) is 0 Å². The molecule has 1 aliphatic rings. The molecule has 9 nitrogen and oxygen atoms in total. The summed E-state index contributed by atoms with van der Waals surface area (Å²) in [6.45, 7) is 2.92. The van der Waals surface area contributed by atoms with Gasteiger partial charge in [-0.25, -0.2) is 9.78 Å². The summed E-state index contributed by atoms with van der Waals surface area (Å²) < 4.78 is 1.87. The Bertz CT molecular complexity index is 947. The van der Waals surface area contributed by atoms with E-state index < -0.39 is 0 Å². The van der Waals surface area contributed by atoms with Gasteiger partial charge in [-0.05, 0) is 30.3 Å². The van der Waals surface area contributed by atoms with Crippen LogP contribution in [0.15, 0.2) is 55.2 Å². The van der Waals surface area contributed by atoms with Gasteiger partial charge in [-0.1, -0.05) is 0 Å². The highest BCUT2D eigenvalue weighted by molar-refractivity contribution is 5.89. The van der Waals surface area contributed by atoms with E-state index in [2.05, 4.69) is 37.5 Å². The lowest BCUT2D eigenvalue weighted by atomic mass is 10.2. The molecule has 2 amide bonds. The fraction of sp³-hybridized carbons (Fsp3) is 0.300. The van der Waals surface area contributed by atoms with Crippen LogP contribution in [0.1, 0.15) is 0 Å². The number of carbonyl (C=O) groups excluding carboxylic acids is 1. The van der Waals surface area contributed by atoms with Gasteiger partial charge in [0.05, 0.1) is 0 Å². The first kappa shape index (κ1) is 18.7. The molecule has 0 unspecified atom stereocenters. The Labute approximate surface area is 169 Å². The zero-order valence-electron chi connectivity index (χ0n) is 16.6. The predicted molar refractivity (Wildman–Crippen MR) is 113 cm³/mol. The zero-order chi connectivity index (χ0) is 20.2. The first-order chi connectivity index (χ1) is 14.1. The predicted octanol–water partition coefficient (Wildman–Crippen LogP) is 2.08. The van der Waals surface area contributed by atoms with E-state index in [1.165, 1.54) is 0 Å². The number of nitrogens with one attached hydrogen (secondary N) is 1. The maximum atomic E-state index is 12.6. The van der Waals surface area contributed by atoms with Crippen molar-refractivity contribution < 1.29 is 4.79 Å². The first-order valence-corrected chi connectivity index (χ1v) is 9.49. The maximum absolute atomic E-state index is 12.6. The largest absolute Gasteiger partial charge is 0.368 e. The molecule has 1 aromatic carbocycles. The van der Waals surface area contributed by atoms with Gasteiger partial charge in [0.2, 0.25) is 0 Å². The van der Waals surface area contributed by atoms with E-state index in [0.29, 0.717) is 13.1 Å². The quantitative estimate of drug-likeness (QED) is 0.732. The van der Waals surface area contributed by atoms with Crippen LogP contribution in [0.2, 0.25) is 0 Å². The Kier molecular flexibility index (Phi) is 5.28. The Morgan fingerprint density at radius 2 is 1.62 bits per heavy atom. The number of nitrogens with zero attached hydrogens (tertiary/aromatic N) is 7. The van der Waals surface area contributed by atoms with Crippen LogP contribution in [-0.4, -0.2) is 71.0 Å². The minimum absolute atomic E-state index is 0.0801. The first-order valence-electron chi connectivity index (χ1n) is 9.49. The average Bonchev–Trinajstić information content (AvgIpc) is 3.29. The van der Waals surface area contributed by atoms with Crippen molar-refractivity contribution in [2.45, 2.75) is 0 Å². The fourth-order valence-corrected chi connectivity index (χ4v) is 3.28. The molecule has 3 heterocycles. The third-order valence-corrected chi connectivity index (χ3v) is 4.95. The van der Waals surface area contributed by atoms with Crippen molar-refractivity contribution in [2.75, 3.05) is 55.4 Å². The van der Waals surface area contributed by atoms with E-state index in [0.717, 1.165) is 36.0 Å². The van der Waals surface area contributed by atoms with Crippen molar-refractivity contribution in [2.24, 2.45) is 0 Å². The number of hydrogen-bond acceptors (Lipinski definition) is 6. The topological polar surface area (TPSA) is 82.4 Å². The Hall–Kier alpha value is -3.62. The van der Waals surface area contributed by atoms with E-state index in [1.807, 2.05) is 46.7 Å². The van der Waals surface area contributed by atoms with Gasteiger partial charge in [-0.15, -0.1) is 10.2 Å². The molecule has 3 aromatic rings. The normalized spacial score (nSPS) is 14.0. The molecular weight excluding hydrogens is 368 g/mol. The van der Waals surface area contributed by atoms with Crippen molar-refractivity contribution in [3.05, 3.63) is 55.2 Å². The number of amides is 2. The molecule has 1 aliphatic heterocycles. The summed E-state index contributed by atoms with van der Waals surface area (Å²) in [6.07, 6.45) is 5.06. The molecule has 1 saturated heterocycles. The molecule has 0 radical (unpaired) electrons. The molecule has 4 rings (SSSR count). The third-order valence-electron chi connectivity index (χ3n) is 4.95. The summed E-state index contributed by atoms with van der Waals surface area (Å²) >= 11 is 0. The van der Waals surface area contributed by atoms with Gasteiger partial charge in [0.25, 0.3) is 0 Å². The molecule has 0 saturated carbocycles. The van der Waals surface area contributed by atoms with Crippen LogP contribution < -0.4 is 15.1 Å². The standard InChI is InChI=1S/C20H24N8O/c1-25(2)19-13-16(7-8-21-19)24-20(29)27-11-9-26(10-12-27)17-3-5-18(6-4-17)28-14-22-23-15-28/h3-8,13-15H,9-12H2,1-2H3,(H,21,24,29).